The Morgan fingerprint density at radius 3 is 2.85 bits per heavy atom. The van der Waals surface area contributed by atoms with E-state index in [1.807, 2.05) is 24.3 Å². The van der Waals surface area contributed by atoms with Gasteiger partial charge in [0.15, 0.2) is 0 Å². The van der Waals surface area contributed by atoms with Crippen LogP contribution in [-0.2, 0) is 4.74 Å². The number of piperidine rings is 1. The number of benzene rings is 1. The van der Waals surface area contributed by atoms with Crippen molar-refractivity contribution in [2.75, 3.05) is 26.8 Å². The quantitative estimate of drug-likeness (QED) is 0.816. The molecular weight excluding hydrogens is 366 g/mol. The maximum Gasteiger partial charge on any atom is 0.409 e. The van der Waals surface area contributed by atoms with Crippen LogP contribution in [0.1, 0.15) is 24.8 Å². The molecule has 2 aliphatic heterocycles. The number of ether oxygens (including phenoxy) is 2. The predicted molar refractivity (Wildman–Crippen MR) is 102 cm³/mol. The Kier molecular flexibility index (Phi) is 4.82. The molecule has 0 bridgehead atoms. The molecule has 3 heterocycles. The molecule has 27 heavy (non-hydrogen) atoms. The fourth-order valence-electron chi connectivity index (χ4n) is 3.65. The standard InChI is InChI=1S/C19H21N3O4S/c1-3-26-19(24)22-9-8-13-14(10-22)27-18-15(13)17(23)20-16(21-18)11-4-6-12(25-2)7-5-11/h4-7,13-14H,3,8-10H2,1-2H3,(H,20,21,23). The normalized spacial score (nSPS) is 20.7. The summed E-state index contributed by atoms with van der Waals surface area (Å²) in [6.45, 7) is 3.33. The minimum atomic E-state index is -0.284. The van der Waals surface area contributed by atoms with E-state index in [1.54, 1.807) is 30.7 Å². The van der Waals surface area contributed by atoms with Gasteiger partial charge >= 0.3 is 6.09 Å². The molecule has 142 valence electrons. The molecule has 1 amide bonds. The first kappa shape index (κ1) is 17.9. The summed E-state index contributed by atoms with van der Waals surface area (Å²) in [5, 5.41) is 0.906. The van der Waals surface area contributed by atoms with Crippen molar-refractivity contribution < 1.29 is 14.3 Å². The molecule has 2 unspecified atom stereocenters. The van der Waals surface area contributed by atoms with Gasteiger partial charge in [-0.1, -0.05) is 11.8 Å². The first-order chi connectivity index (χ1) is 13.1. The summed E-state index contributed by atoms with van der Waals surface area (Å²) in [6.07, 6.45) is 0.462. The average molecular weight is 387 g/mol. The number of thioether (sulfide) groups is 1. The fourth-order valence-corrected chi connectivity index (χ4v) is 5.15. The molecule has 1 saturated heterocycles. The van der Waals surface area contributed by atoms with E-state index in [1.165, 1.54) is 0 Å². The van der Waals surface area contributed by atoms with Crippen molar-refractivity contribution in [3.63, 3.8) is 0 Å². The van der Waals surface area contributed by atoms with Crippen molar-refractivity contribution in [2.24, 2.45) is 0 Å². The third-order valence-corrected chi connectivity index (χ3v) is 6.32. The lowest BCUT2D eigenvalue weighted by Crippen LogP contribution is -2.44. The number of nitrogens with one attached hydrogen (secondary N) is 1. The van der Waals surface area contributed by atoms with Crippen molar-refractivity contribution in [3.05, 3.63) is 40.2 Å². The van der Waals surface area contributed by atoms with Gasteiger partial charge < -0.3 is 19.4 Å². The Labute approximate surface area is 161 Å². The van der Waals surface area contributed by atoms with Gasteiger partial charge in [0.25, 0.3) is 5.56 Å². The molecule has 1 aromatic carbocycles. The van der Waals surface area contributed by atoms with Gasteiger partial charge in [-0.05, 0) is 37.6 Å². The largest absolute Gasteiger partial charge is 0.497 e. The Hall–Kier alpha value is -2.48. The molecule has 0 spiro atoms. The van der Waals surface area contributed by atoms with Crippen LogP contribution in [0.5, 0.6) is 5.75 Å². The topological polar surface area (TPSA) is 84.5 Å². The number of H-pyrrole nitrogens is 1. The van der Waals surface area contributed by atoms with E-state index in [0.29, 0.717) is 25.5 Å². The minimum Gasteiger partial charge on any atom is -0.497 e. The lowest BCUT2D eigenvalue weighted by Gasteiger charge is -2.33. The highest BCUT2D eigenvalue weighted by Crippen LogP contribution is 2.47. The SMILES string of the molecule is CCOC(=O)N1CCC2c3c(nc(-c4ccc(OC)cc4)[nH]c3=O)SC2C1. The summed E-state index contributed by atoms with van der Waals surface area (Å²) >= 11 is 1.58. The van der Waals surface area contributed by atoms with Crippen LogP contribution in [0.2, 0.25) is 0 Å². The van der Waals surface area contributed by atoms with E-state index >= 15 is 0 Å². The summed E-state index contributed by atoms with van der Waals surface area (Å²) in [5.41, 5.74) is 1.50. The van der Waals surface area contributed by atoms with Crippen LogP contribution in [0.3, 0.4) is 0 Å². The molecule has 0 saturated carbocycles. The summed E-state index contributed by atoms with van der Waals surface area (Å²) in [5.74, 6) is 1.42. The van der Waals surface area contributed by atoms with E-state index in [0.717, 1.165) is 28.3 Å². The molecule has 1 N–H and O–H groups in total. The molecule has 0 radical (unpaired) electrons. The lowest BCUT2D eigenvalue weighted by molar-refractivity contribution is 0.0985. The number of aromatic amines is 1. The van der Waals surface area contributed by atoms with Gasteiger partial charge in [0.2, 0.25) is 0 Å². The zero-order valence-corrected chi connectivity index (χ0v) is 16.0. The van der Waals surface area contributed by atoms with E-state index < -0.39 is 0 Å². The monoisotopic (exact) mass is 387 g/mol. The summed E-state index contributed by atoms with van der Waals surface area (Å²) in [7, 11) is 1.61. The summed E-state index contributed by atoms with van der Waals surface area (Å²) < 4.78 is 10.3. The maximum absolute atomic E-state index is 12.8. The Balaban J connectivity index is 1.60. The van der Waals surface area contributed by atoms with Crippen molar-refractivity contribution in [1.82, 2.24) is 14.9 Å². The van der Waals surface area contributed by atoms with Gasteiger partial charge in [-0.15, -0.1) is 0 Å². The molecule has 1 fully saturated rings. The average Bonchev–Trinajstić information content (AvgIpc) is 3.06. The van der Waals surface area contributed by atoms with Crippen LogP contribution < -0.4 is 10.3 Å². The smallest absolute Gasteiger partial charge is 0.409 e. The highest BCUT2D eigenvalue weighted by molar-refractivity contribution is 8.00. The molecule has 2 aliphatic rings. The summed E-state index contributed by atoms with van der Waals surface area (Å²) in [4.78, 5) is 34.1. The zero-order chi connectivity index (χ0) is 19.0. The van der Waals surface area contributed by atoms with Crippen molar-refractivity contribution in [3.8, 4) is 17.1 Å². The highest BCUT2D eigenvalue weighted by Gasteiger charge is 2.42. The number of amides is 1. The third-order valence-electron chi connectivity index (χ3n) is 5.00. The number of rotatable bonds is 3. The second kappa shape index (κ2) is 7.26. The second-order valence-electron chi connectivity index (χ2n) is 6.56. The number of hydrogen-bond acceptors (Lipinski definition) is 6. The molecule has 2 aromatic rings. The van der Waals surface area contributed by atoms with Gasteiger partial charge in [-0.3, -0.25) is 4.79 Å². The van der Waals surface area contributed by atoms with Crippen LogP contribution in [0.15, 0.2) is 34.1 Å². The van der Waals surface area contributed by atoms with Crippen molar-refractivity contribution in [1.29, 1.82) is 0 Å². The number of hydrogen-bond donors (Lipinski definition) is 1. The lowest BCUT2D eigenvalue weighted by atomic mass is 9.91. The van der Waals surface area contributed by atoms with Gasteiger partial charge in [0, 0.05) is 29.8 Å². The van der Waals surface area contributed by atoms with Crippen molar-refractivity contribution >= 4 is 17.9 Å². The van der Waals surface area contributed by atoms with Crippen LogP contribution in [-0.4, -0.2) is 53.0 Å². The summed E-state index contributed by atoms with van der Waals surface area (Å²) in [6, 6.07) is 7.43. The number of carbonyl (C=O) groups excluding carboxylic acids is 1. The van der Waals surface area contributed by atoms with E-state index in [9.17, 15) is 9.59 Å². The Bertz CT molecular complexity index is 912. The third kappa shape index (κ3) is 3.29. The van der Waals surface area contributed by atoms with Gasteiger partial charge in [0.1, 0.15) is 16.6 Å². The van der Waals surface area contributed by atoms with Gasteiger partial charge in [-0.25, -0.2) is 9.78 Å². The van der Waals surface area contributed by atoms with E-state index in [-0.39, 0.29) is 22.8 Å². The molecule has 8 heteroatoms. The fraction of sp³-hybridized carbons (Fsp3) is 0.421. The van der Waals surface area contributed by atoms with Crippen molar-refractivity contribution in [2.45, 2.75) is 29.5 Å². The maximum atomic E-state index is 12.8. The molecule has 4 rings (SSSR count). The number of methoxy groups -OCH3 is 1. The molecule has 2 atom stereocenters. The zero-order valence-electron chi connectivity index (χ0n) is 15.2. The number of likely N-dealkylation sites (tertiary alicyclic amines) is 1. The van der Waals surface area contributed by atoms with Gasteiger partial charge in [0.05, 0.1) is 19.3 Å². The minimum absolute atomic E-state index is 0.0876. The Morgan fingerprint density at radius 1 is 1.37 bits per heavy atom. The molecular formula is C19H21N3O4S. The number of aromatic nitrogens is 2. The molecule has 1 aromatic heterocycles. The first-order valence-corrected chi connectivity index (χ1v) is 9.85. The first-order valence-electron chi connectivity index (χ1n) is 8.97. The van der Waals surface area contributed by atoms with Crippen LogP contribution >= 0.6 is 11.8 Å². The van der Waals surface area contributed by atoms with Crippen LogP contribution in [0.4, 0.5) is 4.79 Å². The van der Waals surface area contributed by atoms with Crippen LogP contribution in [0.25, 0.3) is 11.4 Å². The Morgan fingerprint density at radius 2 is 2.15 bits per heavy atom. The van der Waals surface area contributed by atoms with Gasteiger partial charge in [-0.2, -0.15) is 0 Å². The van der Waals surface area contributed by atoms with E-state index in [4.69, 9.17) is 14.5 Å². The molecule has 7 nitrogen and oxygen atoms in total. The number of nitrogens with zero attached hydrogens (tertiary/aromatic N) is 2. The van der Waals surface area contributed by atoms with Crippen LogP contribution in [0, 0.1) is 0 Å². The number of carbonyl (C=O) groups is 1. The second-order valence-corrected chi connectivity index (χ2v) is 7.79. The highest BCUT2D eigenvalue weighted by atomic mass is 32.2. The predicted octanol–water partition coefficient (Wildman–Crippen LogP) is 2.87. The number of fused-ring (bicyclic) bond motifs is 3. The molecule has 0 aliphatic carbocycles. The van der Waals surface area contributed by atoms with E-state index in [2.05, 4.69) is 4.98 Å².